The van der Waals surface area contributed by atoms with Gasteiger partial charge in [0.2, 0.25) is 0 Å². The second kappa shape index (κ2) is 11.9. The van der Waals surface area contributed by atoms with Crippen LogP contribution in [-0.4, -0.2) is 28.3 Å². The van der Waals surface area contributed by atoms with Crippen molar-refractivity contribution >= 4 is 39.1 Å². The molecule has 0 amide bonds. The predicted octanol–water partition coefficient (Wildman–Crippen LogP) is 11.3. The number of benzene rings is 4. The molecule has 52 heavy (non-hydrogen) atoms. The molecule has 264 valence electrons. The Morgan fingerprint density at radius 3 is 2.00 bits per heavy atom. The Morgan fingerprint density at radius 1 is 0.615 bits per heavy atom. The van der Waals surface area contributed by atoms with E-state index in [1.165, 1.54) is 101 Å². The quantitative estimate of drug-likeness (QED) is 0.185. The minimum absolute atomic E-state index is 0.0109. The van der Waals surface area contributed by atoms with Gasteiger partial charge in [-0.05, 0) is 108 Å². The van der Waals surface area contributed by atoms with Gasteiger partial charge in [0.05, 0.1) is 17.7 Å². The van der Waals surface area contributed by atoms with Gasteiger partial charge in [-0.2, -0.15) is 0 Å². The molecule has 10 rings (SSSR count). The second-order valence-corrected chi connectivity index (χ2v) is 17.4. The van der Waals surface area contributed by atoms with Gasteiger partial charge in [-0.3, -0.25) is 0 Å². The van der Waals surface area contributed by atoms with Gasteiger partial charge >= 0.3 is 0 Å². The maximum Gasteiger partial charge on any atom is 0.178 e. The first-order chi connectivity index (χ1) is 25.3. The fourth-order valence-corrected chi connectivity index (χ4v) is 11.6. The smallest absolute Gasteiger partial charge is 0.178 e. The number of rotatable bonds is 4. The summed E-state index contributed by atoms with van der Waals surface area (Å²) in [4.78, 5) is 14.3. The molecule has 4 aromatic carbocycles. The Bertz CT molecular complexity index is 2270. The van der Waals surface area contributed by atoms with Crippen molar-refractivity contribution in [3.63, 3.8) is 0 Å². The Hall–Kier alpha value is -4.64. The van der Waals surface area contributed by atoms with Gasteiger partial charge in [0, 0.05) is 47.0 Å². The molecule has 3 heterocycles. The van der Waals surface area contributed by atoms with Crippen LogP contribution < -0.4 is 9.80 Å². The normalized spacial score (nSPS) is 25.8. The fourth-order valence-electron chi connectivity index (χ4n) is 11.6. The number of anilines is 3. The molecule has 0 N–H and O–H groups in total. The van der Waals surface area contributed by atoms with Crippen LogP contribution in [0.1, 0.15) is 88.8 Å². The predicted molar refractivity (Wildman–Crippen MR) is 215 cm³/mol. The molecule has 2 aromatic heterocycles. The van der Waals surface area contributed by atoms with Crippen molar-refractivity contribution in [3.05, 3.63) is 120 Å². The zero-order chi connectivity index (χ0) is 35.2. The van der Waals surface area contributed by atoms with E-state index < -0.39 is 0 Å². The lowest BCUT2D eigenvalue weighted by atomic mass is 9.58. The highest BCUT2D eigenvalue weighted by atomic mass is 15.4. The van der Waals surface area contributed by atoms with E-state index in [4.69, 9.17) is 9.97 Å². The molecule has 5 nitrogen and oxygen atoms in total. The van der Waals surface area contributed by atoms with Gasteiger partial charge in [-0.25, -0.2) is 9.97 Å². The Balaban J connectivity index is 1.28. The van der Waals surface area contributed by atoms with Crippen LogP contribution in [0.3, 0.4) is 0 Å². The van der Waals surface area contributed by atoms with Gasteiger partial charge in [0.1, 0.15) is 0 Å². The highest BCUT2D eigenvalue weighted by Gasteiger charge is 2.61. The number of hydrogen-bond donors (Lipinski definition) is 0. The van der Waals surface area contributed by atoms with E-state index in [2.05, 4.69) is 133 Å². The topological polar surface area (TPSA) is 37.2 Å². The molecule has 3 fully saturated rings. The second-order valence-electron chi connectivity index (χ2n) is 17.4. The summed E-state index contributed by atoms with van der Waals surface area (Å²) >= 11 is 0. The highest BCUT2D eigenvalue weighted by molar-refractivity contribution is 6.09. The van der Waals surface area contributed by atoms with Crippen LogP contribution in [0.15, 0.2) is 103 Å². The summed E-state index contributed by atoms with van der Waals surface area (Å²) in [5, 5.41) is 2.67. The molecule has 3 saturated carbocycles. The lowest BCUT2D eigenvalue weighted by Gasteiger charge is -2.46. The highest BCUT2D eigenvalue weighted by Crippen LogP contribution is 2.67. The van der Waals surface area contributed by atoms with Crippen LogP contribution in [-0.2, 0) is 10.8 Å². The standard InChI is InChI=1S/C47H51N5/c1-46(2,3)32-26-33(28-35(27-32)51-30-50(4)44-45(51)49-25-24-48-44)47(40-19-11-8-16-36(40)37-17-9-12-20-41(37)47)31-22-23-39-38-18-10-13-21-42(38)52(43(39)29-31)34-14-6-5-7-15-34/h5-7,10,13-15,18,21-29,36-37,40-41H,8-9,11-12,16-17,19-20,30H2,1-4H3. The van der Waals surface area contributed by atoms with E-state index in [0.29, 0.717) is 11.8 Å². The summed E-state index contributed by atoms with van der Waals surface area (Å²) in [5.74, 6) is 4.72. The zero-order valence-corrected chi connectivity index (χ0v) is 31.2. The third-order valence-corrected chi connectivity index (χ3v) is 13.7. The largest absolute Gasteiger partial charge is 0.338 e. The molecular weight excluding hydrogens is 635 g/mol. The summed E-state index contributed by atoms with van der Waals surface area (Å²) < 4.78 is 2.53. The summed E-state index contributed by atoms with van der Waals surface area (Å²) in [5.41, 5.74) is 9.47. The lowest BCUT2D eigenvalue weighted by Crippen LogP contribution is -2.41. The third-order valence-electron chi connectivity index (χ3n) is 13.7. The average Bonchev–Trinajstić information content (AvgIpc) is 3.80. The van der Waals surface area contributed by atoms with Crippen molar-refractivity contribution in [2.24, 2.45) is 23.7 Å². The molecule has 4 aliphatic rings. The summed E-state index contributed by atoms with van der Waals surface area (Å²) in [6.45, 7) is 7.91. The molecule has 6 aromatic rings. The zero-order valence-electron chi connectivity index (χ0n) is 31.2. The van der Waals surface area contributed by atoms with Crippen LogP contribution in [0.2, 0.25) is 0 Å². The van der Waals surface area contributed by atoms with Crippen LogP contribution in [0.4, 0.5) is 17.3 Å². The van der Waals surface area contributed by atoms with Crippen molar-refractivity contribution in [1.82, 2.24) is 14.5 Å². The SMILES string of the molecule is CN1CN(c2cc(C(C)(C)C)cc(C3(c4ccc5c6ccccc6n(-c6ccccc6)c5c4)C4CCCCC4C4CCCCC43)c2)c2nccnc21. The number of para-hydroxylation sites is 2. The van der Waals surface area contributed by atoms with Crippen LogP contribution >= 0.6 is 0 Å². The van der Waals surface area contributed by atoms with E-state index in [-0.39, 0.29) is 10.8 Å². The van der Waals surface area contributed by atoms with Gasteiger partial charge < -0.3 is 14.4 Å². The Labute approximate surface area is 308 Å². The molecule has 1 aliphatic heterocycles. The van der Waals surface area contributed by atoms with Crippen molar-refractivity contribution in [2.75, 3.05) is 23.5 Å². The molecule has 3 aliphatic carbocycles. The first-order valence-electron chi connectivity index (χ1n) is 19.9. The van der Waals surface area contributed by atoms with Gasteiger partial charge in [-0.1, -0.05) is 101 Å². The van der Waals surface area contributed by atoms with Crippen LogP contribution in [0.25, 0.3) is 27.5 Å². The minimum Gasteiger partial charge on any atom is -0.338 e. The van der Waals surface area contributed by atoms with Crippen molar-refractivity contribution in [1.29, 1.82) is 0 Å². The number of fused-ring (bicyclic) bond motifs is 7. The van der Waals surface area contributed by atoms with Crippen molar-refractivity contribution in [2.45, 2.75) is 83.0 Å². The summed E-state index contributed by atoms with van der Waals surface area (Å²) in [7, 11) is 2.14. The Kier molecular flexibility index (Phi) is 7.36. The first kappa shape index (κ1) is 32.0. The number of aromatic nitrogens is 3. The lowest BCUT2D eigenvalue weighted by molar-refractivity contribution is 0.184. The minimum atomic E-state index is -0.0742. The molecule has 5 heteroatoms. The maximum atomic E-state index is 4.91. The van der Waals surface area contributed by atoms with E-state index in [1.54, 1.807) is 0 Å². The molecular formula is C47H51N5. The first-order valence-corrected chi connectivity index (χ1v) is 19.9. The molecule has 4 atom stereocenters. The van der Waals surface area contributed by atoms with Gasteiger partial charge in [-0.15, -0.1) is 0 Å². The van der Waals surface area contributed by atoms with Crippen molar-refractivity contribution in [3.8, 4) is 5.69 Å². The molecule has 0 saturated heterocycles. The van der Waals surface area contributed by atoms with E-state index in [1.807, 2.05) is 12.4 Å². The van der Waals surface area contributed by atoms with Gasteiger partial charge in [0.15, 0.2) is 11.6 Å². The van der Waals surface area contributed by atoms with E-state index >= 15 is 0 Å². The summed E-state index contributed by atoms with van der Waals surface area (Å²) in [6.07, 6.45) is 14.5. The van der Waals surface area contributed by atoms with Crippen LogP contribution in [0.5, 0.6) is 0 Å². The summed E-state index contributed by atoms with van der Waals surface area (Å²) in [6, 6.07) is 35.4. The van der Waals surface area contributed by atoms with Crippen LogP contribution in [0, 0.1) is 23.7 Å². The number of nitrogens with zero attached hydrogens (tertiary/aromatic N) is 5. The molecule has 0 radical (unpaired) electrons. The van der Waals surface area contributed by atoms with Gasteiger partial charge in [0.25, 0.3) is 0 Å². The fraction of sp³-hybridized carbons (Fsp3) is 0.404. The van der Waals surface area contributed by atoms with E-state index in [0.717, 1.165) is 30.1 Å². The monoisotopic (exact) mass is 685 g/mol. The number of hydrogen-bond acceptors (Lipinski definition) is 4. The van der Waals surface area contributed by atoms with E-state index in [9.17, 15) is 0 Å². The third kappa shape index (κ3) is 4.66. The Morgan fingerprint density at radius 2 is 1.27 bits per heavy atom. The maximum absolute atomic E-state index is 4.91. The molecule has 0 bridgehead atoms. The molecule has 0 spiro atoms. The average molecular weight is 686 g/mol. The molecule has 4 unspecified atom stereocenters. The van der Waals surface area contributed by atoms with Crippen molar-refractivity contribution < 1.29 is 0 Å².